The lowest BCUT2D eigenvalue weighted by atomic mass is 10.2. The number of ether oxygens (including phenoxy) is 1. The van der Waals surface area contributed by atoms with E-state index in [2.05, 4.69) is 30.8 Å². The van der Waals surface area contributed by atoms with Crippen LogP contribution in [0.4, 0.5) is 4.39 Å². The Hall–Kier alpha value is -3.36. The Morgan fingerprint density at radius 3 is 2.93 bits per heavy atom. The number of nitrogens with zero attached hydrogens (tertiary/aromatic N) is 3. The van der Waals surface area contributed by atoms with E-state index in [0.29, 0.717) is 42.8 Å². The van der Waals surface area contributed by atoms with Gasteiger partial charge in [-0.25, -0.2) is 9.37 Å². The molecule has 0 aliphatic carbocycles. The van der Waals surface area contributed by atoms with E-state index in [9.17, 15) is 4.39 Å². The van der Waals surface area contributed by atoms with Gasteiger partial charge in [0.2, 0.25) is 5.82 Å². The van der Waals surface area contributed by atoms with Crippen LogP contribution in [0.3, 0.4) is 0 Å². The van der Waals surface area contributed by atoms with Gasteiger partial charge in [-0.05, 0) is 30.7 Å². The lowest BCUT2D eigenvalue weighted by Crippen LogP contribution is -2.43. The average Bonchev–Trinajstić information content (AvgIpc) is 3.41. The maximum Gasteiger partial charge on any atom is 0.216 e. The number of H-pyrrole nitrogens is 1. The van der Waals surface area contributed by atoms with Crippen LogP contribution in [0.5, 0.6) is 5.75 Å². The van der Waals surface area contributed by atoms with Crippen molar-refractivity contribution in [3.05, 3.63) is 54.3 Å². The zero-order valence-corrected chi connectivity index (χ0v) is 16.5. The summed E-state index contributed by atoms with van der Waals surface area (Å²) in [5, 5.41) is 13.5. The molecule has 1 aromatic carbocycles. The summed E-state index contributed by atoms with van der Waals surface area (Å²) in [4.78, 5) is 8.62. The Morgan fingerprint density at radius 2 is 2.21 bits per heavy atom. The first-order valence-corrected chi connectivity index (χ1v) is 9.49. The number of rotatable bonds is 9. The van der Waals surface area contributed by atoms with Crippen molar-refractivity contribution in [1.82, 2.24) is 25.8 Å². The molecular formula is C20H25FN6O2. The highest BCUT2D eigenvalue weighted by atomic mass is 19.1. The summed E-state index contributed by atoms with van der Waals surface area (Å²) in [6.45, 7) is 3.17. The Morgan fingerprint density at radius 1 is 1.31 bits per heavy atom. The second-order valence-corrected chi connectivity index (χ2v) is 6.32. The summed E-state index contributed by atoms with van der Waals surface area (Å²) in [6, 6.07) is 9.75. The Bertz CT molecular complexity index is 909. The van der Waals surface area contributed by atoms with Crippen LogP contribution in [0.1, 0.15) is 19.2 Å². The van der Waals surface area contributed by atoms with Crippen LogP contribution in [0.25, 0.3) is 11.6 Å². The van der Waals surface area contributed by atoms with Crippen LogP contribution in [0, 0.1) is 5.82 Å². The SMILES string of the molecule is CCC(CNC(=NC)NCCc1nc(-c2ccco2)n[nH]1)Oc1cccc(F)c1. The first-order valence-electron chi connectivity index (χ1n) is 9.49. The van der Waals surface area contributed by atoms with E-state index in [0.717, 1.165) is 12.2 Å². The average molecular weight is 400 g/mol. The third-order valence-corrected chi connectivity index (χ3v) is 4.20. The maximum atomic E-state index is 13.3. The number of aliphatic imine (C=N–C) groups is 1. The van der Waals surface area contributed by atoms with Crippen molar-refractivity contribution in [2.45, 2.75) is 25.9 Å². The van der Waals surface area contributed by atoms with Crippen molar-refractivity contribution in [3.63, 3.8) is 0 Å². The van der Waals surface area contributed by atoms with Crippen LogP contribution in [-0.4, -0.2) is 47.4 Å². The number of aromatic nitrogens is 3. The smallest absolute Gasteiger partial charge is 0.216 e. The molecule has 1 unspecified atom stereocenters. The molecule has 0 aliphatic rings. The zero-order valence-electron chi connectivity index (χ0n) is 16.5. The third-order valence-electron chi connectivity index (χ3n) is 4.20. The molecule has 0 saturated heterocycles. The van der Waals surface area contributed by atoms with Crippen molar-refractivity contribution < 1.29 is 13.5 Å². The zero-order chi connectivity index (χ0) is 20.5. The normalized spacial score (nSPS) is 12.6. The van der Waals surface area contributed by atoms with Crippen LogP contribution in [-0.2, 0) is 6.42 Å². The quantitative estimate of drug-likeness (QED) is 0.377. The van der Waals surface area contributed by atoms with Crippen LogP contribution in [0.15, 0.2) is 52.1 Å². The lowest BCUT2D eigenvalue weighted by Gasteiger charge is -2.20. The maximum absolute atomic E-state index is 13.3. The molecule has 29 heavy (non-hydrogen) atoms. The molecule has 9 heteroatoms. The molecule has 0 saturated carbocycles. The summed E-state index contributed by atoms with van der Waals surface area (Å²) >= 11 is 0. The first kappa shape index (κ1) is 20.4. The summed E-state index contributed by atoms with van der Waals surface area (Å²) < 4.78 is 24.4. The summed E-state index contributed by atoms with van der Waals surface area (Å²) in [6.07, 6.45) is 2.89. The van der Waals surface area contributed by atoms with Gasteiger partial charge in [0.05, 0.1) is 12.8 Å². The molecule has 8 nitrogen and oxygen atoms in total. The Kier molecular flexibility index (Phi) is 7.21. The largest absolute Gasteiger partial charge is 0.489 e. The molecule has 0 amide bonds. The van der Waals surface area contributed by atoms with Crippen LogP contribution in [0.2, 0.25) is 0 Å². The van der Waals surface area contributed by atoms with Crippen molar-refractivity contribution >= 4 is 5.96 Å². The van der Waals surface area contributed by atoms with E-state index in [-0.39, 0.29) is 11.9 Å². The number of hydrogen-bond donors (Lipinski definition) is 3. The minimum absolute atomic E-state index is 0.111. The fourth-order valence-corrected chi connectivity index (χ4v) is 2.66. The standard InChI is InChI=1S/C20H25FN6O2/c1-3-15(29-16-7-4-6-14(21)12-16)13-24-20(22-2)23-10-9-18-25-19(27-26-18)17-8-5-11-28-17/h4-8,11-12,15H,3,9-10,13H2,1-2H3,(H2,22,23,24)(H,25,26,27). The molecule has 0 bridgehead atoms. The summed E-state index contributed by atoms with van der Waals surface area (Å²) in [7, 11) is 1.70. The lowest BCUT2D eigenvalue weighted by molar-refractivity contribution is 0.199. The second-order valence-electron chi connectivity index (χ2n) is 6.32. The molecule has 2 heterocycles. The van der Waals surface area contributed by atoms with Crippen LogP contribution >= 0.6 is 0 Å². The molecule has 1 atom stereocenters. The number of halogens is 1. The van der Waals surface area contributed by atoms with Gasteiger partial charge in [0, 0.05) is 26.1 Å². The van der Waals surface area contributed by atoms with Gasteiger partial charge in [0.15, 0.2) is 11.7 Å². The van der Waals surface area contributed by atoms with Gasteiger partial charge in [-0.2, -0.15) is 5.10 Å². The highest BCUT2D eigenvalue weighted by molar-refractivity contribution is 5.79. The summed E-state index contributed by atoms with van der Waals surface area (Å²) in [5.74, 6) is 2.76. The Labute approximate surface area is 168 Å². The minimum Gasteiger partial charge on any atom is -0.489 e. The predicted molar refractivity (Wildman–Crippen MR) is 108 cm³/mol. The van der Waals surface area contributed by atoms with E-state index in [4.69, 9.17) is 9.15 Å². The number of furan rings is 1. The number of aromatic amines is 1. The van der Waals surface area contributed by atoms with E-state index in [1.165, 1.54) is 12.1 Å². The fourth-order valence-electron chi connectivity index (χ4n) is 2.66. The van der Waals surface area contributed by atoms with Gasteiger partial charge < -0.3 is 19.8 Å². The van der Waals surface area contributed by atoms with E-state index < -0.39 is 0 Å². The molecule has 154 valence electrons. The molecule has 3 rings (SSSR count). The van der Waals surface area contributed by atoms with E-state index in [1.807, 2.05) is 13.0 Å². The number of benzene rings is 1. The molecule has 3 N–H and O–H groups in total. The van der Waals surface area contributed by atoms with Gasteiger partial charge in [-0.1, -0.05) is 13.0 Å². The van der Waals surface area contributed by atoms with Crippen molar-refractivity contribution in [2.24, 2.45) is 4.99 Å². The number of nitrogens with one attached hydrogen (secondary N) is 3. The molecule has 0 radical (unpaired) electrons. The van der Waals surface area contributed by atoms with Crippen LogP contribution < -0.4 is 15.4 Å². The number of guanidine groups is 1. The van der Waals surface area contributed by atoms with Crippen molar-refractivity contribution in [2.75, 3.05) is 20.1 Å². The Balaban J connectivity index is 1.43. The molecule has 2 aromatic heterocycles. The minimum atomic E-state index is -0.314. The third kappa shape index (κ3) is 6.06. The van der Waals surface area contributed by atoms with Gasteiger partial charge >= 0.3 is 0 Å². The first-order chi connectivity index (χ1) is 14.2. The molecule has 0 spiro atoms. The predicted octanol–water partition coefficient (Wildman–Crippen LogP) is 2.77. The second kappa shape index (κ2) is 10.3. The topological polar surface area (TPSA) is 100 Å². The molecular weight excluding hydrogens is 375 g/mol. The summed E-state index contributed by atoms with van der Waals surface area (Å²) in [5.41, 5.74) is 0. The van der Waals surface area contributed by atoms with Gasteiger partial charge in [-0.15, -0.1) is 0 Å². The molecule has 3 aromatic rings. The highest BCUT2D eigenvalue weighted by Gasteiger charge is 2.11. The van der Waals surface area contributed by atoms with Crippen molar-refractivity contribution in [1.29, 1.82) is 0 Å². The highest BCUT2D eigenvalue weighted by Crippen LogP contribution is 2.15. The van der Waals surface area contributed by atoms with Gasteiger partial charge in [-0.3, -0.25) is 10.1 Å². The van der Waals surface area contributed by atoms with E-state index in [1.54, 1.807) is 31.5 Å². The van der Waals surface area contributed by atoms with Gasteiger partial charge in [0.25, 0.3) is 0 Å². The molecule has 0 fully saturated rings. The number of hydrogen-bond acceptors (Lipinski definition) is 5. The van der Waals surface area contributed by atoms with Crippen molar-refractivity contribution in [3.8, 4) is 17.3 Å². The fraction of sp³-hybridized carbons (Fsp3) is 0.350. The molecule has 0 aliphatic heterocycles. The van der Waals surface area contributed by atoms with E-state index >= 15 is 0 Å². The van der Waals surface area contributed by atoms with Gasteiger partial charge in [0.1, 0.15) is 23.5 Å². The monoisotopic (exact) mass is 400 g/mol.